The first-order valence-electron chi connectivity index (χ1n) is 7.38. The van der Waals surface area contributed by atoms with Crippen LogP contribution >= 0.6 is 24.0 Å². The Morgan fingerprint density at radius 1 is 1.38 bits per heavy atom. The number of amides is 1. The van der Waals surface area contributed by atoms with Crippen LogP contribution in [-0.2, 0) is 0 Å². The first-order chi connectivity index (χ1) is 9.61. The largest absolute Gasteiger partial charge is 0.339 e. The Kier molecular flexibility index (Phi) is 7.50. The molecule has 1 fully saturated rings. The summed E-state index contributed by atoms with van der Waals surface area (Å²) in [5.74, 6) is 0.800. The fourth-order valence-electron chi connectivity index (χ4n) is 2.60. The van der Waals surface area contributed by atoms with Crippen LogP contribution in [0.5, 0.6) is 0 Å². The second kappa shape index (κ2) is 8.62. The summed E-state index contributed by atoms with van der Waals surface area (Å²) in [4.78, 5) is 14.4. The van der Waals surface area contributed by atoms with Gasteiger partial charge < -0.3 is 10.2 Å². The molecule has 0 spiro atoms. The van der Waals surface area contributed by atoms with Crippen LogP contribution in [0.1, 0.15) is 35.7 Å². The van der Waals surface area contributed by atoms with Gasteiger partial charge in [0.15, 0.2) is 0 Å². The number of aryl methyl sites for hydroxylation is 1. The SMILES string of the molecule is CCNCC1CCN(C(=O)c2ccc(C)c(Cl)c2)CC1.Cl. The van der Waals surface area contributed by atoms with Gasteiger partial charge in [0.05, 0.1) is 0 Å². The van der Waals surface area contributed by atoms with Crippen LogP contribution in [0.3, 0.4) is 0 Å². The Morgan fingerprint density at radius 3 is 2.62 bits per heavy atom. The van der Waals surface area contributed by atoms with E-state index in [9.17, 15) is 4.79 Å². The van der Waals surface area contributed by atoms with E-state index < -0.39 is 0 Å². The van der Waals surface area contributed by atoms with Crippen LogP contribution < -0.4 is 5.32 Å². The Hall–Kier alpha value is -0.770. The third-order valence-corrected chi connectivity index (χ3v) is 4.41. The molecule has 0 aromatic heterocycles. The van der Waals surface area contributed by atoms with Gasteiger partial charge in [-0.3, -0.25) is 4.79 Å². The van der Waals surface area contributed by atoms with Crippen molar-refractivity contribution in [2.24, 2.45) is 5.92 Å². The molecule has 5 heteroatoms. The third-order valence-electron chi connectivity index (χ3n) is 4.00. The highest BCUT2D eigenvalue weighted by Crippen LogP contribution is 2.21. The van der Waals surface area contributed by atoms with Gasteiger partial charge in [0.1, 0.15) is 0 Å². The van der Waals surface area contributed by atoms with E-state index in [-0.39, 0.29) is 18.3 Å². The van der Waals surface area contributed by atoms with Crippen molar-refractivity contribution >= 4 is 29.9 Å². The molecule has 1 N–H and O–H groups in total. The number of nitrogens with one attached hydrogen (secondary N) is 1. The average molecular weight is 331 g/mol. The summed E-state index contributed by atoms with van der Waals surface area (Å²) >= 11 is 6.10. The molecule has 1 heterocycles. The van der Waals surface area contributed by atoms with Crippen LogP contribution in [0.15, 0.2) is 18.2 Å². The van der Waals surface area contributed by atoms with Crippen molar-refractivity contribution < 1.29 is 4.79 Å². The van der Waals surface area contributed by atoms with E-state index in [4.69, 9.17) is 11.6 Å². The van der Waals surface area contributed by atoms with Crippen molar-refractivity contribution in [2.75, 3.05) is 26.2 Å². The summed E-state index contributed by atoms with van der Waals surface area (Å²) in [6.07, 6.45) is 2.16. The molecule has 0 atom stereocenters. The number of halogens is 2. The lowest BCUT2D eigenvalue weighted by atomic mass is 9.96. The zero-order valence-electron chi connectivity index (χ0n) is 12.7. The van der Waals surface area contributed by atoms with Crippen molar-refractivity contribution in [1.29, 1.82) is 0 Å². The lowest BCUT2D eigenvalue weighted by molar-refractivity contribution is 0.0690. The number of carbonyl (C=O) groups is 1. The lowest BCUT2D eigenvalue weighted by Crippen LogP contribution is -2.40. The highest BCUT2D eigenvalue weighted by Gasteiger charge is 2.23. The van der Waals surface area contributed by atoms with Gasteiger partial charge in [0.25, 0.3) is 5.91 Å². The zero-order chi connectivity index (χ0) is 14.5. The Labute approximate surface area is 138 Å². The minimum absolute atomic E-state index is 0. The minimum atomic E-state index is 0. The van der Waals surface area contributed by atoms with Crippen LogP contribution in [0.25, 0.3) is 0 Å². The number of likely N-dealkylation sites (tertiary alicyclic amines) is 1. The van der Waals surface area contributed by atoms with Crippen LogP contribution in [0, 0.1) is 12.8 Å². The number of rotatable bonds is 4. The molecule has 21 heavy (non-hydrogen) atoms. The predicted octanol–water partition coefficient (Wildman–Crippen LogP) is 3.53. The van der Waals surface area contributed by atoms with E-state index in [0.717, 1.165) is 44.6 Å². The standard InChI is InChI=1S/C16H23ClN2O.ClH/c1-3-18-11-13-6-8-19(9-7-13)16(20)14-5-4-12(2)15(17)10-14;/h4-5,10,13,18H,3,6-9,11H2,1-2H3;1H. The summed E-state index contributed by atoms with van der Waals surface area (Å²) in [6.45, 7) is 7.85. The maximum absolute atomic E-state index is 12.4. The van der Waals surface area contributed by atoms with E-state index in [1.165, 1.54) is 0 Å². The molecule has 118 valence electrons. The fourth-order valence-corrected chi connectivity index (χ4v) is 2.78. The van der Waals surface area contributed by atoms with Crippen molar-refractivity contribution in [3.05, 3.63) is 34.3 Å². The molecular weight excluding hydrogens is 307 g/mol. The van der Waals surface area contributed by atoms with Crippen LogP contribution in [-0.4, -0.2) is 37.0 Å². The number of benzene rings is 1. The molecule has 1 amide bonds. The Bertz CT molecular complexity index is 471. The molecule has 1 aliphatic rings. The molecule has 0 aliphatic carbocycles. The quantitative estimate of drug-likeness (QED) is 0.915. The molecule has 2 rings (SSSR count). The van der Waals surface area contributed by atoms with Crippen molar-refractivity contribution in [3.63, 3.8) is 0 Å². The molecule has 0 unspecified atom stereocenters. The van der Waals surface area contributed by atoms with E-state index in [1.54, 1.807) is 6.07 Å². The highest BCUT2D eigenvalue weighted by atomic mass is 35.5. The van der Waals surface area contributed by atoms with Gasteiger partial charge in [-0.25, -0.2) is 0 Å². The first-order valence-corrected chi connectivity index (χ1v) is 7.75. The van der Waals surface area contributed by atoms with E-state index >= 15 is 0 Å². The summed E-state index contributed by atoms with van der Waals surface area (Å²) in [7, 11) is 0. The van der Waals surface area contributed by atoms with E-state index in [2.05, 4.69) is 12.2 Å². The van der Waals surface area contributed by atoms with Crippen molar-refractivity contribution in [2.45, 2.75) is 26.7 Å². The number of hydrogen-bond acceptors (Lipinski definition) is 2. The topological polar surface area (TPSA) is 32.3 Å². The van der Waals surface area contributed by atoms with Gasteiger partial charge in [-0.1, -0.05) is 24.6 Å². The monoisotopic (exact) mass is 330 g/mol. The molecule has 1 aromatic rings. The fraction of sp³-hybridized carbons (Fsp3) is 0.562. The van der Waals surface area contributed by atoms with Gasteiger partial charge in [-0.05, 0) is 56.5 Å². The molecule has 0 saturated carbocycles. The number of carbonyl (C=O) groups excluding carboxylic acids is 1. The number of nitrogens with zero attached hydrogens (tertiary/aromatic N) is 1. The highest BCUT2D eigenvalue weighted by molar-refractivity contribution is 6.31. The van der Waals surface area contributed by atoms with Gasteiger partial charge in [-0.15, -0.1) is 12.4 Å². The molecule has 0 radical (unpaired) electrons. The number of hydrogen-bond donors (Lipinski definition) is 1. The second-order valence-corrected chi connectivity index (χ2v) is 5.91. The van der Waals surface area contributed by atoms with Gasteiger partial charge in [-0.2, -0.15) is 0 Å². The van der Waals surface area contributed by atoms with E-state index in [1.807, 2.05) is 24.0 Å². The minimum Gasteiger partial charge on any atom is -0.339 e. The van der Waals surface area contributed by atoms with Crippen LogP contribution in [0.2, 0.25) is 5.02 Å². The van der Waals surface area contributed by atoms with Crippen molar-refractivity contribution in [3.8, 4) is 0 Å². The maximum atomic E-state index is 12.4. The van der Waals surface area contributed by atoms with Crippen LogP contribution in [0.4, 0.5) is 0 Å². The molecule has 3 nitrogen and oxygen atoms in total. The summed E-state index contributed by atoms with van der Waals surface area (Å²) in [6, 6.07) is 5.56. The number of piperidine rings is 1. The smallest absolute Gasteiger partial charge is 0.253 e. The lowest BCUT2D eigenvalue weighted by Gasteiger charge is -2.32. The summed E-state index contributed by atoms with van der Waals surface area (Å²) in [5.41, 5.74) is 1.71. The molecule has 1 aliphatic heterocycles. The van der Waals surface area contributed by atoms with Crippen molar-refractivity contribution in [1.82, 2.24) is 10.2 Å². The van der Waals surface area contributed by atoms with Gasteiger partial charge in [0.2, 0.25) is 0 Å². The molecular formula is C16H24Cl2N2O. The molecule has 1 saturated heterocycles. The normalized spacial score (nSPS) is 15.7. The van der Waals surface area contributed by atoms with E-state index in [0.29, 0.717) is 16.5 Å². The predicted molar refractivity (Wildman–Crippen MR) is 90.6 cm³/mol. The van der Waals surface area contributed by atoms with Gasteiger partial charge in [0, 0.05) is 23.7 Å². The first kappa shape index (κ1) is 18.3. The average Bonchev–Trinajstić information content (AvgIpc) is 2.48. The Morgan fingerprint density at radius 2 is 2.05 bits per heavy atom. The third kappa shape index (κ3) is 4.87. The molecule has 1 aromatic carbocycles. The zero-order valence-corrected chi connectivity index (χ0v) is 14.3. The van der Waals surface area contributed by atoms with Gasteiger partial charge >= 0.3 is 0 Å². The summed E-state index contributed by atoms with van der Waals surface area (Å²) < 4.78 is 0. The summed E-state index contributed by atoms with van der Waals surface area (Å²) in [5, 5.41) is 4.05. The Balaban J connectivity index is 0.00000220. The maximum Gasteiger partial charge on any atom is 0.253 e. The molecule has 0 bridgehead atoms. The second-order valence-electron chi connectivity index (χ2n) is 5.51.